The number of nitrogens with one attached hydrogen (secondary N) is 1. The number of anilines is 1. The molecule has 0 aliphatic carbocycles. The van der Waals surface area contributed by atoms with Crippen LogP contribution in [0.5, 0.6) is 0 Å². The van der Waals surface area contributed by atoms with Crippen molar-refractivity contribution in [3.8, 4) is 0 Å². The zero-order valence-corrected chi connectivity index (χ0v) is 10.6. The molecule has 0 aliphatic rings. The van der Waals surface area contributed by atoms with E-state index in [0.717, 1.165) is 4.90 Å². The molecule has 0 saturated carbocycles. The normalized spacial score (nSPS) is 9.94. The van der Waals surface area contributed by atoms with Gasteiger partial charge in [-0.2, -0.15) is 0 Å². The first-order valence-corrected chi connectivity index (χ1v) is 6.39. The van der Waals surface area contributed by atoms with Crippen LogP contribution in [-0.4, -0.2) is 23.8 Å². The van der Waals surface area contributed by atoms with Gasteiger partial charge in [0, 0.05) is 17.4 Å². The van der Waals surface area contributed by atoms with E-state index in [1.807, 2.05) is 6.26 Å². The number of hydrogen-bond donors (Lipinski definition) is 1. The molecule has 0 bridgehead atoms. The molecule has 0 aliphatic heterocycles. The molecule has 3 nitrogen and oxygen atoms in total. The van der Waals surface area contributed by atoms with Gasteiger partial charge in [0.2, 0.25) is 5.91 Å². The summed E-state index contributed by atoms with van der Waals surface area (Å²) in [5.41, 5.74) is 1.16. The highest BCUT2D eigenvalue weighted by atomic mass is 35.5. The number of Topliss-reactive ketones (excluding diaryl/α,β-unsaturated/α-hetero) is 1. The number of rotatable bonds is 4. The molecule has 0 saturated heterocycles. The molecular weight excluding hydrogens is 246 g/mol. The van der Waals surface area contributed by atoms with Crippen molar-refractivity contribution >= 4 is 40.7 Å². The maximum absolute atomic E-state index is 11.4. The lowest BCUT2D eigenvalue weighted by Gasteiger charge is -2.09. The average molecular weight is 258 g/mol. The first-order chi connectivity index (χ1) is 7.58. The molecule has 86 valence electrons. The molecule has 0 unspecified atom stereocenters. The number of thioether (sulfide) groups is 1. The van der Waals surface area contributed by atoms with E-state index < -0.39 is 0 Å². The highest BCUT2D eigenvalue weighted by molar-refractivity contribution is 7.98. The largest absolute Gasteiger partial charge is 0.325 e. The van der Waals surface area contributed by atoms with Crippen LogP contribution in [0.4, 0.5) is 5.69 Å². The minimum atomic E-state index is -0.161. The molecule has 0 heterocycles. The fraction of sp³-hybridized carbons (Fsp3) is 0.273. The Bertz CT molecular complexity index is 420. The number of alkyl halides is 1. The average Bonchev–Trinajstić information content (AvgIpc) is 2.27. The van der Waals surface area contributed by atoms with Gasteiger partial charge in [-0.1, -0.05) is 6.07 Å². The molecule has 1 N–H and O–H groups in total. The molecule has 0 radical (unpaired) electrons. The van der Waals surface area contributed by atoms with Gasteiger partial charge >= 0.3 is 0 Å². The lowest BCUT2D eigenvalue weighted by molar-refractivity contribution is -0.114. The van der Waals surface area contributed by atoms with Crippen molar-refractivity contribution in [1.29, 1.82) is 0 Å². The summed E-state index contributed by atoms with van der Waals surface area (Å²) < 4.78 is 0. The van der Waals surface area contributed by atoms with Crippen LogP contribution in [0.15, 0.2) is 23.1 Å². The predicted octanol–water partition coefficient (Wildman–Crippen LogP) is 2.79. The highest BCUT2D eigenvalue weighted by Gasteiger charge is 2.09. The summed E-state index contributed by atoms with van der Waals surface area (Å²) >= 11 is 6.98. The van der Waals surface area contributed by atoms with Crippen molar-refractivity contribution in [3.63, 3.8) is 0 Å². The van der Waals surface area contributed by atoms with Crippen LogP contribution < -0.4 is 5.32 Å². The van der Waals surface area contributed by atoms with Gasteiger partial charge in [-0.05, 0) is 18.4 Å². The van der Waals surface area contributed by atoms with Crippen LogP contribution in [0.3, 0.4) is 0 Å². The van der Waals surface area contributed by atoms with Gasteiger partial charge in [0.15, 0.2) is 5.78 Å². The Labute approximate surface area is 104 Å². The SMILES string of the molecule is CSc1ccc(C(=O)CCl)cc1NC(C)=O. The maximum atomic E-state index is 11.4. The summed E-state index contributed by atoms with van der Waals surface area (Å²) in [7, 11) is 0. The molecule has 1 aromatic rings. The Kier molecular flexibility index (Phi) is 4.83. The molecule has 0 aromatic heterocycles. The van der Waals surface area contributed by atoms with Crippen LogP contribution in [0.1, 0.15) is 17.3 Å². The smallest absolute Gasteiger partial charge is 0.221 e. The minimum Gasteiger partial charge on any atom is -0.325 e. The van der Waals surface area contributed by atoms with E-state index in [9.17, 15) is 9.59 Å². The van der Waals surface area contributed by atoms with Crippen LogP contribution in [0, 0.1) is 0 Å². The highest BCUT2D eigenvalue weighted by Crippen LogP contribution is 2.26. The lowest BCUT2D eigenvalue weighted by Crippen LogP contribution is -2.08. The molecule has 0 atom stereocenters. The van der Waals surface area contributed by atoms with Gasteiger partial charge in [0.1, 0.15) is 0 Å². The molecule has 5 heteroatoms. The summed E-state index contributed by atoms with van der Waals surface area (Å²) in [6.07, 6.45) is 1.91. The second kappa shape index (κ2) is 5.92. The van der Waals surface area contributed by atoms with Crippen molar-refractivity contribution in [2.45, 2.75) is 11.8 Å². The van der Waals surface area contributed by atoms with E-state index in [2.05, 4.69) is 5.32 Å². The number of carbonyl (C=O) groups excluding carboxylic acids is 2. The van der Waals surface area contributed by atoms with Crippen molar-refractivity contribution in [3.05, 3.63) is 23.8 Å². The van der Waals surface area contributed by atoms with Crippen LogP contribution in [0.25, 0.3) is 0 Å². The summed E-state index contributed by atoms with van der Waals surface area (Å²) in [6.45, 7) is 1.43. The molecule has 16 heavy (non-hydrogen) atoms. The number of benzene rings is 1. The lowest BCUT2D eigenvalue weighted by atomic mass is 10.1. The van der Waals surface area contributed by atoms with Gasteiger partial charge in [-0.15, -0.1) is 23.4 Å². The molecule has 1 rings (SSSR count). The first kappa shape index (κ1) is 13.1. The third-order valence-corrected chi connectivity index (χ3v) is 2.99. The number of ketones is 1. The summed E-state index contributed by atoms with van der Waals surface area (Å²) in [6, 6.07) is 5.16. The van der Waals surface area contributed by atoms with E-state index in [1.54, 1.807) is 18.2 Å². The van der Waals surface area contributed by atoms with E-state index >= 15 is 0 Å². The number of halogens is 1. The Hall–Kier alpha value is -1.00. The van der Waals surface area contributed by atoms with Gasteiger partial charge in [-0.25, -0.2) is 0 Å². The minimum absolute atomic E-state index is 0.0574. The van der Waals surface area contributed by atoms with Gasteiger partial charge < -0.3 is 5.32 Å². The Morgan fingerprint density at radius 3 is 2.62 bits per heavy atom. The monoisotopic (exact) mass is 257 g/mol. The quantitative estimate of drug-likeness (QED) is 0.513. The summed E-state index contributed by atoms with van der Waals surface area (Å²) in [5, 5.41) is 2.69. The van der Waals surface area contributed by atoms with Crippen molar-refractivity contribution in [2.75, 3.05) is 17.5 Å². The molecule has 0 spiro atoms. The first-order valence-electron chi connectivity index (χ1n) is 4.63. The molecular formula is C11H12ClNO2S. The van der Waals surface area contributed by atoms with Crippen LogP contribution >= 0.6 is 23.4 Å². The van der Waals surface area contributed by atoms with Gasteiger partial charge in [0.25, 0.3) is 0 Å². The van der Waals surface area contributed by atoms with Crippen LogP contribution in [-0.2, 0) is 4.79 Å². The van der Waals surface area contributed by atoms with Crippen molar-refractivity contribution < 1.29 is 9.59 Å². The van der Waals surface area contributed by atoms with E-state index in [-0.39, 0.29) is 17.6 Å². The summed E-state index contributed by atoms with van der Waals surface area (Å²) in [4.78, 5) is 23.3. The molecule has 0 fully saturated rings. The second-order valence-corrected chi connectivity index (χ2v) is 4.27. The number of hydrogen-bond acceptors (Lipinski definition) is 3. The number of amides is 1. The maximum Gasteiger partial charge on any atom is 0.221 e. The second-order valence-electron chi connectivity index (χ2n) is 3.15. The van der Waals surface area contributed by atoms with Crippen molar-refractivity contribution in [2.24, 2.45) is 0 Å². The number of carbonyl (C=O) groups is 2. The van der Waals surface area contributed by atoms with E-state index in [4.69, 9.17) is 11.6 Å². The van der Waals surface area contributed by atoms with Gasteiger partial charge in [0.05, 0.1) is 11.6 Å². The van der Waals surface area contributed by atoms with Gasteiger partial charge in [-0.3, -0.25) is 9.59 Å². The fourth-order valence-corrected chi connectivity index (χ4v) is 1.93. The fourth-order valence-electron chi connectivity index (χ4n) is 1.25. The molecule has 1 amide bonds. The van der Waals surface area contributed by atoms with Crippen molar-refractivity contribution in [1.82, 2.24) is 0 Å². The third-order valence-electron chi connectivity index (χ3n) is 1.95. The predicted molar refractivity (Wildman–Crippen MR) is 67.6 cm³/mol. The zero-order chi connectivity index (χ0) is 12.1. The zero-order valence-electron chi connectivity index (χ0n) is 9.04. The topological polar surface area (TPSA) is 46.2 Å². The standard InChI is InChI=1S/C11H12ClNO2S/c1-7(14)13-9-5-8(10(15)6-12)3-4-11(9)16-2/h3-5H,6H2,1-2H3,(H,13,14). The van der Waals surface area contributed by atoms with Crippen LogP contribution in [0.2, 0.25) is 0 Å². The summed E-state index contributed by atoms with van der Waals surface area (Å²) in [5.74, 6) is -0.371. The Balaban J connectivity index is 3.10. The Morgan fingerprint density at radius 2 is 2.12 bits per heavy atom. The Morgan fingerprint density at radius 1 is 1.44 bits per heavy atom. The van der Waals surface area contributed by atoms with E-state index in [0.29, 0.717) is 11.3 Å². The third kappa shape index (κ3) is 3.25. The van der Waals surface area contributed by atoms with E-state index in [1.165, 1.54) is 18.7 Å². The molecule has 1 aromatic carbocycles.